The van der Waals surface area contributed by atoms with Crippen LogP contribution in [0.2, 0.25) is 0 Å². The van der Waals surface area contributed by atoms with Gasteiger partial charge in [-0.3, -0.25) is 0 Å². The quantitative estimate of drug-likeness (QED) is 0.876. The highest BCUT2D eigenvalue weighted by Gasteiger charge is 2.73. The molecule has 1 N–H and O–H groups in total. The topological polar surface area (TPSA) is 60.6 Å². The van der Waals surface area contributed by atoms with Crippen molar-refractivity contribution >= 4 is 16.9 Å². The summed E-state index contributed by atoms with van der Waals surface area (Å²) in [5, 5.41) is 0.838. The van der Waals surface area contributed by atoms with Crippen molar-refractivity contribution in [2.24, 2.45) is 11.3 Å². The van der Waals surface area contributed by atoms with Crippen LogP contribution in [0.25, 0.3) is 10.9 Å². The Bertz CT molecular complexity index is 822. The number of hydrogen-bond donors (Lipinski definition) is 1. The molecule has 1 aromatic carbocycles. The summed E-state index contributed by atoms with van der Waals surface area (Å²) >= 11 is 0. The summed E-state index contributed by atoms with van der Waals surface area (Å²) in [6.45, 7) is 1.61. The van der Waals surface area contributed by atoms with Crippen LogP contribution in [-0.4, -0.2) is 36.9 Å². The van der Waals surface area contributed by atoms with Crippen LogP contribution >= 0.6 is 0 Å². The number of benzene rings is 1. The summed E-state index contributed by atoms with van der Waals surface area (Å²) in [5.74, 6) is 1.13. The Labute approximate surface area is 140 Å². The molecule has 1 saturated heterocycles. The Balaban J connectivity index is 1.39. The van der Waals surface area contributed by atoms with Crippen LogP contribution in [0.5, 0.6) is 5.75 Å². The molecule has 0 amide bonds. The predicted molar refractivity (Wildman–Crippen MR) is 88.2 cm³/mol. The highest BCUT2D eigenvalue weighted by Crippen LogP contribution is 2.71. The second kappa shape index (κ2) is 4.76. The number of carbonyl (C=O) groups is 1. The smallest absolute Gasteiger partial charge is 0.340 e. The minimum Gasteiger partial charge on any atom is -0.493 e. The van der Waals surface area contributed by atoms with Crippen LogP contribution in [0.3, 0.4) is 0 Å². The number of aromatic amines is 1. The van der Waals surface area contributed by atoms with Crippen molar-refractivity contribution in [2.45, 2.75) is 31.3 Å². The lowest BCUT2D eigenvalue weighted by Gasteiger charge is -2.45. The van der Waals surface area contributed by atoms with E-state index in [4.69, 9.17) is 14.2 Å². The lowest BCUT2D eigenvalue weighted by molar-refractivity contribution is -0.119. The van der Waals surface area contributed by atoms with Crippen molar-refractivity contribution in [1.82, 2.24) is 4.98 Å². The Morgan fingerprint density at radius 2 is 2.29 bits per heavy atom. The third-order valence-electron chi connectivity index (χ3n) is 6.42. The van der Waals surface area contributed by atoms with E-state index in [1.807, 2.05) is 18.2 Å². The van der Waals surface area contributed by atoms with Gasteiger partial charge in [-0.2, -0.15) is 0 Å². The van der Waals surface area contributed by atoms with Gasteiger partial charge in [-0.1, -0.05) is 0 Å². The molecular weight excluding hydrogens is 306 g/mol. The fourth-order valence-corrected chi connectivity index (χ4v) is 4.69. The molecule has 0 bridgehead atoms. The summed E-state index contributed by atoms with van der Waals surface area (Å²) in [6.07, 6.45) is 6.54. The Kier molecular flexibility index (Phi) is 2.84. The van der Waals surface area contributed by atoms with E-state index < -0.39 is 0 Å². The molecular formula is C19H21NO4. The average Bonchev–Trinajstić information content (AvgIpc) is 2.98. The molecule has 1 aromatic heterocycles. The molecule has 2 aromatic rings. The summed E-state index contributed by atoms with van der Waals surface area (Å²) in [5.41, 5.74) is 1.77. The standard InChI is InChI=1S/C19H21NO4/c1-22-17(21)15-9-20-16-4-3-13(7-14(15)16)23-11-18-8-12(18)10-24-19(18)5-2-6-19/h3-4,7,9,12,20H,2,5-6,8,10-11H2,1H3/t12-,18+/m0/s1. The van der Waals surface area contributed by atoms with Crippen molar-refractivity contribution in [3.63, 3.8) is 0 Å². The second-order valence-corrected chi connectivity index (χ2v) is 7.41. The van der Waals surface area contributed by atoms with Gasteiger partial charge in [0.1, 0.15) is 5.75 Å². The minimum atomic E-state index is -0.336. The number of carbonyl (C=O) groups excluding carboxylic acids is 1. The van der Waals surface area contributed by atoms with Gasteiger partial charge in [0.25, 0.3) is 0 Å². The van der Waals surface area contributed by atoms with Gasteiger partial charge in [-0.05, 0) is 49.8 Å². The maximum atomic E-state index is 11.9. The van der Waals surface area contributed by atoms with E-state index in [0.717, 1.165) is 23.3 Å². The summed E-state index contributed by atoms with van der Waals surface area (Å²) in [4.78, 5) is 15.0. The summed E-state index contributed by atoms with van der Waals surface area (Å²) in [7, 11) is 1.39. The average molecular weight is 327 g/mol. The Morgan fingerprint density at radius 3 is 3.00 bits per heavy atom. The maximum Gasteiger partial charge on any atom is 0.340 e. The molecule has 3 aliphatic rings. The number of H-pyrrole nitrogens is 1. The second-order valence-electron chi connectivity index (χ2n) is 7.41. The molecule has 5 rings (SSSR count). The van der Waals surface area contributed by atoms with E-state index in [0.29, 0.717) is 18.1 Å². The third-order valence-corrected chi connectivity index (χ3v) is 6.42. The summed E-state index contributed by atoms with van der Waals surface area (Å²) in [6, 6.07) is 5.83. The van der Waals surface area contributed by atoms with Gasteiger partial charge in [0.05, 0.1) is 31.5 Å². The molecule has 5 heteroatoms. The lowest BCUT2D eigenvalue weighted by Crippen LogP contribution is -2.48. The molecule has 24 heavy (non-hydrogen) atoms. The van der Waals surface area contributed by atoms with Crippen molar-refractivity contribution in [2.75, 3.05) is 20.3 Å². The van der Waals surface area contributed by atoms with E-state index in [2.05, 4.69) is 4.98 Å². The van der Waals surface area contributed by atoms with Crippen LogP contribution in [0.4, 0.5) is 0 Å². The third kappa shape index (κ3) is 1.76. The number of nitrogens with one attached hydrogen (secondary N) is 1. The largest absolute Gasteiger partial charge is 0.493 e. The molecule has 126 valence electrons. The lowest BCUT2D eigenvalue weighted by atomic mass is 9.69. The molecule has 0 radical (unpaired) electrons. The molecule has 5 nitrogen and oxygen atoms in total. The van der Waals surface area contributed by atoms with E-state index >= 15 is 0 Å². The van der Waals surface area contributed by atoms with Crippen molar-refractivity contribution < 1.29 is 19.0 Å². The zero-order valence-electron chi connectivity index (χ0n) is 13.8. The first-order chi connectivity index (χ1) is 11.7. The van der Waals surface area contributed by atoms with Gasteiger partial charge in [0.15, 0.2) is 0 Å². The van der Waals surface area contributed by atoms with Gasteiger partial charge in [-0.25, -0.2) is 4.79 Å². The van der Waals surface area contributed by atoms with Crippen LogP contribution < -0.4 is 4.74 Å². The molecule has 3 fully saturated rings. The monoisotopic (exact) mass is 327 g/mol. The predicted octanol–water partition coefficient (Wildman–Crippen LogP) is 3.29. The summed E-state index contributed by atoms with van der Waals surface area (Å²) < 4.78 is 17.1. The molecule has 2 aliphatic carbocycles. The normalized spacial score (nSPS) is 29.3. The van der Waals surface area contributed by atoms with Crippen LogP contribution in [0.15, 0.2) is 24.4 Å². The SMILES string of the molecule is COC(=O)c1c[nH]c2ccc(OC[C@]34C[C@H]3COC43CCC3)cc12. The van der Waals surface area contributed by atoms with E-state index in [1.54, 1.807) is 6.20 Å². The Hall–Kier alpha value is -2.01. The molecule has 1 spiro atoms. The number of ether oxygens (including phenoxy) is 3. The van der Waals surface area contributed by atoms with E-state index in [1.165, 1.54) is 32.8 Å². The van der Waals surface area contributed by atoms with Gasteiger partial charge < -0.3 is 19.2 Å². The Morgan fingerprint density at radius 1 is 1.42 bits per heavy atom. The van der Waals surface area contributed by atoms with E-state index in [-0.39, 0.29) is 17.0 Å². The highest BCUT2D eigenvalue weighted by molar-refractivity contribution is 6.04. The zero-order chi connectivity index (χ0) is 16.4. The van der Waals surface area contributed by atoms with Crippen LogP contribution in [-0.2, 0) is 9.47 Å². The molecule has 1 aliphatic heterocycles. The van der Waals surface area contributed by atoms with Crippen molar-refractivity contribution in [1.29, 1.82) is 0 Å². The van der Waals surface area contributed by atoms with E-state index in [9.17, 15) is 4.79 Å². The van der Waals surface area contributed by atoms with Gasteiger partial charge in [0.2, 0.25) is 0 Å². The molecule has 2 atom stereocenters. The van der Waals surface area contributed by atoms with Crippen molar-refractivity contribution in [3.8, 4) is 5.75 Å². The minimum absolute atomic E-state index is 0.0903. The number of methoxy groups -OCH3 is 1. The van der Waals surface area contributed by atoms with Crippen molar-refractivity contribution in [3.05, 3.63) is 30.0 Å². The molecule has 2 heterocycles. The number of hydrogen-bond acceptors (Lipinski definition) is 4. The fourth-order valence-electron chi connectivity index (χ4n) is 4.69. The van der Waals surface area contributed by atoms with Gasteiger partial charge in [-0.15, -0.1) is 0 Å². The van der Waals surface area contributed by atoms with Gasteiger partial charge in [0, 0.05) is 22.5 Å². The maximum absolute atomic E-state index is 11.9. The molecule has 0 unspecified atom stereocenters. The first-order valence-electron chi connectivity index (χ1n) is 8.64. The zero-order valence-corrected chi connectivity index (χ0v) is 13.8. The van der Waals surface area contributed by atoms with Gasteiger partial charge >= 0.3 is 5.97 Å². The first kappa shape index (κ1) is 14.3. The van der Waals surface area contributed by atoms with Crippen LogP contribution in [0.1, 0.15) is 36.0 Å². The number of esters is 1. The number of rotatable bonds is 4. The fraction of sp³-hybridized carbons (Fsp3) is 0.526. The molecule has 2 saturated carbocycles. The van der Waals surface area contributed by atoms with Crippen LogP contribution in [0, 0.1) is 11.3 Å². The first-order valence-corrected chi connectivity index (χ1v) is 8.64. The number of aromatic nitrogens is 1. The number of fused-ring (bicyclic) bond motifs is 3. The highest BCUT2D eigenvalue weighted by atomic mass is 16.5.